The number of anilines is 2. The quantitative estimate of drug-likeness (QED) is 0.278. The molecule has 0 amide bonds. The monoisotopic (exact) mass is 573 g/mol. The van der Waals surface area contributed by atoms with Crippen molar-refractivity contribution in [2.75, 3.05) is 33.5 Å². The van der Waals surface area contributed by atoms with Crippen LogP contribution < -0.4 is 15.1 Å². The predicted octanol–water partition coefficient (Wildman–Crippen LogP) is 2.09. The van der Waals surface area contributed by atoms with Crippen LogP contribution in [0.3, 0.4) is 0 Å². The number of nitrogens with one attached hydrogen (secondary N) is 3. The van der Waals surface area contributed by atoms with Crippen molar-refractivity contribution in [3.63, 3.8) is 0 Å². The van der Waals surface area contributed by atoms with Crippen LogP contribution in [-0.2, 0) is 20.2 Å². The first-order valence-electron chi connectivity index (χ1n) is 11.5. The molecule has 0 bridgehead atoms. The molecule has 0 radical (unpaired) electrons. The van der Waals surface area contributed by atoms with Gasteiger partial charge in [-0.1, -0.05) is 36.0 Å². The Bertz CT molecular complexity index is 1610. The zero-order chi connectivity index (χ0) is 27.8. The molecule has 1 aliphatic heterocycles. The Morgan fingerprint density at radius 1 is 0.658 bits per heavy atom. The number of benzene rings is 4. The first-order valence-corrected chi connectivity index (χ1v) is 15.2. The molecular formula is C26H27N3O6S3. The molecule has 0 unspecified atom stereocenters. The fourth-order valence-corrected chi connectivity index (χ4v) is 6.57. The third-order valence-electron chi connectivity index (χ3n) is 5.97. The lowest BCUT2D eigenvalue weighted by atomic mass is 10.1. The highest BCUT2D eigenvalue weighted by atomic mass is 32.2. The summed E-state index contributed by atoms with van der Waals surface area (Å²) in [7, 11) is -1.10. The lowest BCUT2D eigenvalue weighted by Gasteiger charge is -2.22. The van der Waals surface area contributed by atoms with E-state index in [-0.39, 0.29) is 10.8 Å². The zero-order valence-electron chi connectivity index (χ0n) is 21.1. The topological polar surface area (TPSA) is 135 Å². The van der Waals surface area contributed by atoms with E-state index >= 15 is 0 Å². The molecule has 5 rings (SSSR count). The highest BCUT2D eigenvalue weighted by Crippen LogP contribution is 2.45. The van der Waals surface area contributed by atoms with E-state index in [2.05, 4.69) is 69.9 Å². The van der Waals surface area contributed by atoms with Gasteiger partial charge in [-0.25, -0.2) is 16.8 Å². The molecule has 9 nitrogen and oxygen atoms in total. The molecular weight excluding hydrogens is 547 g/mol. The third kappa shape index (κ3) is 6.02. The first-order chi connectivity index (χ1) is 17.8. The van der Waals surface area contributed by atoms with Crippen LogP contribution in [0.4, 0.5) is 22.7 Å². The molecule has 0 saturated carbocycles. The SMILES string of the molecule is C[NH+](C)c1ccc2c(c1)Sc1cc([NH+](C)C)ccc1N2.O=S(=O)([O-])c1cccc2cccc(S(=O)(=O)[O-])c12. The molecule has 0 saturated heterocycles. The average molecular weight is 574 g/mol. The van der Waals surface area contributed by atoms with E-state index in [4.69, 9.17) is 0 Å². The molecule has 0 aromatic heterocycles. The van der Waals surface area contributed by atoms with E-state index in [0.717, 1.165) is 12.1 Å². The Kier molecular flexibility index (Phi) is 7.86. The van der Waals surface area contributed by atoms with Crippen LogP contribution in [0.5, 0.6) is 0 Å². The van der Waals surface area contributed by atoms with E-state index in [1.807, 2.05) is 11.8 Å². The number of fused-ring (bicyclic) bond motifs is 3. The van der Waals surface area contributed by atoms with Crippen LogP contribution in [0, 0.1) is 0 Å². The van der Waals surface area contributed by atoms with Crippen LogP contribution >= 0.6 is 11.8 Å². The summed E-state index contributed by atoms with van der Waals surface area (Å²) in [6.07, 6.45) is 0. The van der Waals surface area contributed by atoms with E-state index < -0.39 is 30.0 Å². The Hall–Kier alpha value is -2.97. The second-order valence-corrected chi connectivity index (χ2v) is 12.9. The van der Waals surface area contributed by atoms with Gasteiger partial charge in [0.05, 0.1) is 49.4 Å². The Balaban J connectivity index is 0.000000178. The van der Waals surface area contributed by atoms with Crippen molar-refractivity contribution >= 4 is 65.5 Å². The van der Waals surface area contributed by atoms with Crippen molar-refractivity contribution in [2.24, 2.45) is 0 Å². The standard InChI is InChI=1S/C16H19N3S.C10H8O6S2/c1-18(2)11-5-7-13-15(9-11)20-16-10-12(19(3)4)6-8-14(16)17-13;11-17(12,13)8-5-1-3-7-4-2-6-9(10(7)8)18(14,15)16/h5-10,17H,1-4H3;1-6H,(H,11,12,13)(H,14,15,16). The first kappa shape index (κ1) is 28.0. The fourth-order valence-electron chi connectivity index (χ4n) is 4.00. The van der Waals surface area contributed by atoms with Gasteiger partial charge in [-0.3, -0.25) is 0 Å². The van der Waals surface area contributed by atoms with Gasteiger partial charge in [0.2, 0.25) is 0 Å². The van der Waals surface area contributed by atoms with Crippen LogP contribution in [-0.4, -0.2) is 54.1 Å². The largest absolute Gasteiger partial charge is 0.744 e. The molecule has 4 aromatic carbocycles. The van der Waals surface area contributed by atoms with Gasteiger partial charge in [-0.05, 0) is 29.7 Å². The summed E-state index contributed by atoms with van der Waals surface area (Å²) in [6, 6.07) is 20.7. The molecule has 200 valence electrons. The van der Waals surface area contributed by atoms with Gasteiger partial charge >= 0.3 is 0 Å². The van der Waals surface area contributed by atoms with Crippen molar-refractivity contribution in [3.05, 3.63) is 72.8 Å². The van der Waals surface area contributed by atoms with Crippen molar-refractivity contribution in [1.82, 2.24) is 0 Å². The highest BCUT2D eigenvalue weighted by Gasteiger charge is 2.19. The van der Waals surface area contributed by atoms with Crippen molar-refractivity contribution in [2.45, 2.75) is 19.6 Å². The summed E-state index contributed by atoms with van der Waals surface area (Å²) in [6.45, 7) is 0. The minimum atomic E-state index is -4.87. The molecule has 0 fully saturated rings. The fraction of sp³-hybridized carbons (Fsp3) is 0.154. The number of quaternary nitrogens is 2. The summed E-state index contributed by atoms with van der Waals surface area (Å²) >= 11 is 1.86. The van der Waals surface area contributed by atoms with Crippen LogP contribution in [0.25, 0.3) is 10.8 Å². The van der Waals surface area contributed by atoms with E-state index in [9.17, 15) is 25.9 Å². The van der Waals surface area contributed by atoms with Crippen molar-refractivity contribution < 1.29 is 35.7 Å². The van der Waals surface area contributed by atoms with Gasteiger partial charge in [0, 0.05) is 39.4 Å². The van der Waals surface area contributed by atoms with Crippen molar-refractivity contribution in [1.29, 1.82) is 0 Å². The molecule has 0 atom stereocenters. The Labute approximate surface area is 226 Å². The average Bonchev–Trinajstić information content (AvgIpc) is 2.85. The van der Waals surface area contributed by atoms with Gasteiger partial charge in [0.15, 0.2) is 0 Å². The molecule has 3 N–H and O–H groups in total. The van der Waals surface area contributed by atoms with Gasteiger partial charge in [-0.15, -0.1) is 0 Å². The molecule has 38 heavy (non-hydrogen) atoms. The Morgan fingerprint density at radius 2 is 1.08 bits per heavy atom. The predicted molar refractivity (Wildman–Crippen MR) is 145 cm³/mol. The van der Waals surface area contributed by atoms with Gasteiger partial charge in [0.25, 0.3) is 0 Å². The van der Waals surface area contributed by atoms with Crippen LogP contribution in [0.1, 0.15) is 0 Å². The molecule has 1 aliphatic rings. The molecule has 0 spiro atoms. The molecule has 4 aromatic rings. The number of rotatable bonds is 4. The summed E-state index contributed by atoms with van der Waals surface area (Å²) in [4.78, 5) is 3.89. The second-order valence-electron chi connectivity index (χ2n) is 9.17. The van der Waals surface area contributed by atoms with Gasteiger partial charge in [-0.2, -0.15) is 0 Å². The van der Waals surface area contributed by atoms with E-state index in [1.54, 1.807) is 0 Å². The maximum absolute atomic E-state index is 11.1. The number of hydrogen-bond donors (Lipinski definition) is 3. The smallest absolute Gasteiger partial charge is 0.132 e. The van der Waals surface area contributed by atoms with Gasteiger partial charge < -0.3 is 24.2 Å². The van der Waals surface area contributed by atoms with E-state index in [0.29, 0.717) is 0 Å². The van der Waals surface area contributed by atoms with E-state index in [1.165, 1.54) is 66.6 Å². The normalized spacial score (nSPS) is 12.9. The minimum absolute atomic E-state index is 0.198. The summed E-state index contributed by atoms with van der Waals surface area (Å²) in [5, 5.41) is 3.37. The highest BCUT2D eigenvalue weighted by molar-refractivity contribution is 7.99. The van der Waals surface area contributed by atoms with Crippen molar-refractivity contribution in [3.8, 4) is 0 Å². The summed E-state index contributed by atoms with van der Waals surface area (Å²) in [5.41, 5.74) is 5.04. The molecule has 12 heteroatoms. The molecule has 0 aliphatic carbocycles. The van der Waals surface area contributed by atoms with Crippen LogP contribution in [0.2, 0.25) is 0 Å². The van der Waals surface area contributed by atoms with Crippen LogP contribution in [0.15, 0.2) is 92.4 Å². The third-order valence-corrected chi connectivity index (χ3v) is 8.85. The lowest BCUT2D eigenvalue weighted by molar-refractivity contribution is -0.786. The van der Waals surface area contributed by atoms with Gasteiger partial charge in [0.1, 0.15) is 31.6 Å². The Morgan fingerprint density at radius 3 is 1.45 bits per heavy atom. The minimum Gasteiger partial charge on any atom is -0.744 e. The lowest BCUT2D eigenvalue weighted by Crippen LogP contribution is -3.00. The summed E-state index contributed by atoms with van der Waals surface area (Å²) < 4.78 is 66.4. The molecule has 1 heterocycles. The number of hydrogen-bond acceptors (Lipinski definition) is 8. The maximum atomic E-state index is 11.1. The summed E-state index contributed by atoms with van der Waals surface area (Å²) in [5.74, 6) is 0. The maximum Gasteiger partial charge on any atom is 0.132 e. The zero-order valence-corrected chi connectivity index (χ0v) is 23.6. The second kappa shape index (κ2) is 10.7.